The first-order chi connectivity index (χ1) is 6.72. The van der Waals surface area contributed by atoms with Crippen LogP contribution in [-0.4, -0.2) is 33.4 Å². The number of esters is 1. The summed E-state index contributed by atoms with van der Waals surface area (Å²) < 4.78 is 4.78. The van der Waals surface area contributed by atoms with Crippen LogP contribution in [-0.2, 0) is 14.3 Å². The van der Waals surface area contributed by atoms with E-state index in [-0.39, 0.29) is 22.8 Å². The molecule has 0 aromatic heterocycles. The first-order valence-corrected chi connectivity index (χ1v) is 6.26. The first kappa shape index (κ1) is 10.0. The fourth-order valence-electron chi connectivity index (χ4n) is 1.34. The molecule has 0 aromatic carbocycles. The Labute approximate surface area is 93.8 Å². The van der Waals surface area contributed by atoms with Crippen LogP contribution >= 0.6 is 27.7 Å². The van der Waals surface area contributed by atoms with Gasteiger partial charge in [0.15, 0.2) is 0 Å². The number of alkyl halides is 1. The lowest BCUT2D eigenvalue weighted by molar-refractivity contribution is -0.138. The van der Waals surface area contributed by atoms with Crippen LogP contribution in [0.1, 0.15) is 6.42 Å². The summed E-state index contributed by atoms with van der Waals surface area (Å²) in [6, 6.07) is 0. The first-order valence-electron chi connectivity index (χ1n) is 4.09. The van der Waals surface area contributed by atoms with Crippen LogP contribution in [0.3, 0.4) is 0 Å². The van der Waals surface area contributed by atoms with E-state index in [0.29, 0.717) is 17.7 Å². The zero-order valence-electron chi connectivity index (χ0n) is 7.23. The molecule has 0 bridgehead atoms. The van der Waals surface area contributed by atoms with E-state index in [1.165, 1.54) is 0 Å². The SMILES string of the molecule is O=C(OCBr)C1=CN2C(=O)C[C@@H]2SC1. The van der Waals surface area contributed by atoms with Crippen LogP contribution in [0.4, 0.5) is 0 Å². The molecule has 1 amide bonds. The van der Waals surface area contributed by atoms with E-state index in [2.05, 4.69) is 15.9 Å². The van der Waals surface area contributed by atoms with Crippen molar-refractivity contribution in [3.63, 3.8) is 0 Å². The largest absolute Gasteiger partial charge is 0.451 e. The maximum absolute atomic E-state index is 11.3. The van der Waals surface area contributed by atoms with Crippen LogP contribution in [0, 0.1) is 0 Å². The highest BCUT2D eigenvalue weighted by Gasteiger charge is 2.39. The monoisotopic (exact) mass is 277 g/mol. The summed E-state index contributed by atoms with van der Waals surface area (Å²) >= 11 is 4.61. The van der Waals surface area contributed by atoms with E-state index >= 15 is 0 Å². The van der Waals surface area contributed by atoms with Crippen molar-refractivity contribution in [3.8, 4) is 0 Å². The fraction of sp³-hybridized carbons (Fsp3) is 0.500. The predicted octanol–water partition coefficient (Wildman–Crippen LogP) is 1.07. The minimum atomic E-state index is -0.354. The third-order valence-corrected chi connectivity index (χ3v) is 3.61. The highest BCUT2D eigenvalue weighted by atomic mass is 79.9. The molecule has 0 aliphatic carbocycles. The van der Waals surface area contributed by atoms with Gasteiger partial charge in [0.25, 0.3) is 0 Å². The second-order valence-corrected chi connectivity index (χ2v) is 4.59. The molecule has 4 nitrogen and oxygen atoms in total. The summed E-state index contributed by atoms with van der Waals surface area (Å²) in [4.78, 5) is 24.0. The van der Waals surface area contributed by atoms with Crippen molar-refractivity contribution in [1.29, 1.82) is 0 Å². The summed E-state index contributed by atoms with van der Waals surface area (Å²) in [7, 11) is 0. The number of hydrogen-bond acceptors (Lipinski definition) is 4. The van der Waals surface area contributed by atoms with Gasteiger partial charge in [0.2, 0.25) is 5.91 Å². The number of amides is 1. The van der Waals surface area contributed by atoms with Gasteiger partial charge in [-0.2, -0.15) is 0 Å². The molecule has 2 aliphatic heterocycles. The van der Waals surface area contributed by atoms with Gasteiger partial charge < -0.3 is 9.64 Å². The molecular weight excluding hydrogens is 270 g/mol. The molecule has 14 heavy (non-hydrogen) atoms. The van der Waals surface area contributed by atoms with Gasteiger partial charge in [-0.15, -0.1) is 11.8 Å². The van der Waals surface area contributed by atoms with Crippen molar-refractivity contribution >= 4 is 39.6 Å². The van der Waals surface area contributed by atoms with Crippen molar-refractivity contribution in [2.45, 2.75) is 11.8 Å². The Bertz CT molecular complexity index is 318. The summed E-state index contributed by atoms with van der Waals surface area (Å²) in [5, 5.41) is 0.239. The van der Waals surface area contributed by atoms with Gasteiger partial charge in [0, 0.05) is 12.0 Å². The van der Waals surface area contributed by atoms with E-state index in [1.807, 2.05) is 0 Å². The van der Waals surface area contributed by atoms with Gasteiger partial charge >= 0.3 is 5.97 Å². The number of carbonyl (C=O) groups is 2. The molecule has 1 saturated heterocycles. The Morgan fingerprint density at radius 3 is 3.21 bits per heavy atom. The second kappa shape index (κ2) is 3.94. The highest BCUT2D eigenvalue weighted by molar-refractivity contribution is 9.09. The summed E-state index contributed by atoms with van der Waals surface area (Å²) in [5.74, 6) is 0.346. The third-order valence-electron chi connectivity index (χ3n) is 2.12. The van der Waals surface area contributed by atoms with Crippen molar-refractivity contribution in [2.24, 2.45) is 0 Å². The summed E-state index contributed by atoms with van der Waals surface area (Å²) in [6.07, 6.45) is 2.19. The predicted molar refractivity (Wildman–Crippen MR) is 55.7 cm³/mol. The second-order valence-electron chi connectivity index (χ2n) is 2.97. The molecule has 0 aromatic rings. The van der Waals surface area contributed by atoms with E-state index in [0.717, 1.165) is 0 Å². The number of ether oxygens (including phenoxy) is 1. The molecule has 0 saturated carbocycles. The van der Waals surface area contributed by atoms with Gasteiger partial charge in [0.1, 0.15) is 5.52 Å². The summed E-state index contributed by atoms with van der Waals surface area (Å²) in [6.45, 7) is 0. The topological polar surface area (TPSA) is 46.6 Å². The normalized spacial score (nSPS) is 24.9. The van der Waals surface area contributed by atoms with E-state index in [4.69, 9.17) is 4.74 Å². The minimum absolute atomic E-state index is 0.0753. The lowest BCUT2D eigenvalue weighted by Crippen LogP contribution is -2.49. The Kier molecular flexibility index (Phi) is 2.83. The fourth-order valence-corrected chi connectivity index (χ4v) is 2.71. The number of β-lactam (4-membered cyclic amide) rings is 1. The molecule has 2 heterocycles. The average molecular weight is 278 g/mol. The Morgan fingerprint density at radius 1 is 1.79 bits per heavy atom. The smallest absolute Gasteiger partial charge is 0.337 e. The zero-order chi connectivity index (χ0) is 10.1. The molecule has 0 radical (unpaired) electrons. The Morgan fingerprint density at radius 2 is 2.57 bits per heavy atom. The van der Waals surface area contributed by atoms with Crippen LogP contribution in [0.5, 0.6) is 0 Å². The van der Waals surface area contributed by atoms with Gasteiger partial charge in [-0.1, -0.05) is 0 Å². The number of halogens is 1. The Hall–Kier alpha value is -0.490. The summed E-state index contributed by atoms with van der Waals surface area (Å²) in [5.41, 5.74) is 0.740. The standard InChI is InChI=1S/C8H8BrNO3S/c9-4-13-8(12)5-2-10-6(11)1-7(10)14-3-5/h2,7H,1,3-4H2/t7-/m0/s1. The average Bonchev–Trinajstić information content (AvgIpc) is 2.17. The van der Waals surface area contributed by atoms with Gasteiger partial charge in [0.05, 0.1) is 17.4 Å². The molecular formula is C8H8BrNO3S. The number of fused-ring (bicyclic) bond motifs is 1. The number of hydrogen-bond donors (Lipinski definition) is 0. The van der Waals surface area contributed by atoms with Gasteiger partial charge in [-0.3, -0.25) is 4.79 Å². The molecule has 0 unspecified atom stereocenters. The van der Waals surface area contributed by atoms with E-state index < -0.39 is 0 Å². The molecule has 2 aliphatic rings. The molecule has 0 spiro atoms. The number of thioether (sulfide) groups is 1. The molecule has 2 rings (SSSR count). The maximum atomic E-state index is 11.3. The molecule has 76 valence electrons. The maximum Gasteiger partial charge on any atom is 0.337 e. The third kappa shape index (κ3) is 1.68. The molecule has 6 heteroatoms. The van der Waals surface area contributed by atoms with Crippen LogP contribution in [0.25, 0.3) is 0 Å². The number of rotatable bonds is 2. The lowest BCUT2D eigenvalue weighted by Gasteiger charge is -2.40. The van der Waals surface area contributed by atoms with Crippen LogP contribution in [0.15, 0.2) is 11.8 Å². The van der Waals surface area contributed by atoms with E-state index in [1.54, 1.807) is 22.9 Å². The quantitative estimate of drug-likeness (QED) is 0.430. The number of carbonyl (C=O) groups excluding carboxylic acids is 2. The zero-order valence-corrected chi connectivity index (χ0v) is 9.64. The van der Waals surface area contributed by atoms with Crippen molar-refractivity contribution in [2.75, 3.05) is 11.3 Å². The van der Waals surface area contributed by atoms with Crippen molar-refractivity contribution < 1.29 is 14.3 Å². The van der Waals surface area contributed by atoms with Crippen LogP contribution < -0.4 is 0 Å². The van der Waals surface area contributed by atoms with Crippen molar-refractivity contribution in [1.82, 2.24) is 4.90 Å². The lowest BCUT2D eigenvalue weighted by atomic mass is 10.2. The van der Waals surface area contributed by atoms with Crippen molar-refractivity contribution in [3.05, 3.63) is 11.8 Å². The van der Waals surface area contributed by atoms with Gasteiger partial charge in [-0.25, -0.2) is 4.79 Å². The molecule has 1 atom stereocenters. The highest BCUT2D eigenvalue weighted by Crippen LogP contribution is 2.35. The van der Waals surface area contributed by atoms with Crippen LogP contribution in [0.2, 0.25) is 0 Å². The van der Waals surface area contributed by atoms with E-state index in [9.17, 15) is 9.59 Å². The molecule has 0 N–H and O–H groups in total. The van der Waals surface area contributed by atoms with Gasteiger partial charge in [-0.05, 0) is 15.9 Å². The Balaban J connectivity index is 2.06. The minimum Gasteiger partial charge on any atom is -0.451 e. The number of nitrogens with zero attached hydrogens (tertiary/aromatic N) is 1. The molecule has 1 fully saturated rings.